The largest absolute Gasteiger partial charge is 0.454 e. The van der Waals surface area contributed by atoms with Crippen molar-refractivity contribution in [3.8, 4) is 66.8 Å². The summed E-state index contributed by atoms with van der Waals surface area (Å²) in [6.45, 7) is 9.31. The molecule has 0 saturated carbocycles. The van der Waals surface area contributed by atoms with Gasteiger partial charge in [0, 0.05) is 71.3 Å². The lowest BCUT2D eigenvalue weighted by Crippen LogP contribution is -2.15. The number of nitrogens with one attached hydrogen (secondary N) is 1. The number of benzene rings is 16. The monoisotopic (exact) mass is 1390 g/mol. The Hall–Kier alpha value is -12.3. The molecule has 1 N–H and O–H groups in total. The maximum atomic E-state index is 7.02. The van der Waals surface area contributed by atoms with Crippen LogP contribution >= 0.6 is 15.9 Å². The van der Waals surface area contributed by atoms with E-state index in [0.717, 1.165) is 93.5 Å². The maximum Gasteiger partial charge on any atom is 0.159 e. The predicted molar refractivity (Wildman–Crippen MR) is 438 cm³/mol. The molecular formula is C98H71BrN2O2. The second-order valence-electron chi connectivity index (χ2n) is 28.0. The van der Waals surface area contributed by atoms with Gasteiger partial charge in [-0.1, -0.05) is 319 Å². The van der Waals surface area contributed by atoms with Crippen molar-refractivity contribution in [3.63, 3.8) is 0 Å². The SMILES string of the molecule is Brc1cccc2c1oc1c(-c3ccccc3)cccc12.CC1(C)c2ccccc2-c2cc(N(c3cccc4cc(-c5ccccc5)ccc34)c3cccc4c3oc3c(-c5ccccc5)cccc34)ccc21.CC1(C)c2ccccc2-c2cc(Nc3cccc4cc(-c5ccccc5)ccc34)ccc21. The Morgan fingerprint density at radius 3 is 1.27 bits per heavy atom. The van der Waals surface area contributed by atoms with E-state index in [1.54, 1.807) is 0 Å². The zero-order valence-electron chi connectivity index (χ0n) is 57.6. The van der Waals surface area contributed by atoms with Crippen LogP contribution in [-0.2, 0) is 10.8 Å². The van der Waals surface area contributed by atoms with E-state index >= 15 is 0 Å². The lowest BCUT2D eigenvalue weighted by Gasteiger charge is -2.28. The molecule has 0 unspecified atom stereocenters. The number of para-hydroxylation sites is 4. The fourth-order valence-corrected chi connectivity index (χ4v) is 16.6. The highest BCUT2D eigenvalue weighted by molar-refractivity contribution is 9.10. The lowest BCUT2D eigenvalue weighted by molar-refractivity contribution is 0.660. The van der Waals surface area contributed by atoms with E-state index < -0.39 is 0 Å². The van der Waals surface area contributed by atoms with E-state index in [-0.39, 0.29) is 10.8 Å². The van der Waals surface area contributed by atoms with Crippen molar-refractivity contribution >= 4 is 110 Å². The summed E-state index contributed by atoms with van der Waals surface area (Å²) >= 11 is 3.56. The Morgan fingerprint density at radius 2 is 0.689 bits per heavy atom. The van der Waals surface area contributed by atoms with Crippen LogP contribution in [0.1, 0.15) is 49.9 Å². The third-order valence-corrected chi connectivity index (χ3v) is 21.9. The van der Waals surface area contributed by atoms with Crippen LogP contribution in [0.2, 0.25) is 0 Å². The summed E-state index contributed by atoms with van der Waals surface area (Å²) in [4.78, 5) is 2.41. The fourth-order valence-electron chi connectivity index (χ4n) is 16.1. The molecule has 2 aromatic heterocycles. The Kier molecular flexibility index (Phi) is 15.7. The summed E-state index contributed by atoms with van der Waals surface area (Å²) in [5.74, 6) is 0. The van der Waals surface area contributed by atoms with Gasteiger partial charge in [-0.05, 0) is 165 Å². The second kappa shape index (κ2) is 25.7. The Balaban J connectivity index is 0.000000123. The molecule has 0 bridgehead atoms. The highest BCUT2D eigenvalue weighted by atomic mass is 79.9. The predicted octanol–water partition coefficient (Wildman–Crippen LogP) is 28.4. The summed E-state index contributed by atoms with van der Waals surface area (Å²) in [6.07, 6.45) is 0. The first-order chi connectivity index (χ1) is 50.5. The minimum atomic E-state index is -0.0742. The van der Waals surface area contributed by atoms with Crippen LogP contribution in [0.4, 0.5) is 28.4 Å². The highest BCUT2D eigenvalue weighted by Crippen LogP contribution is 2.54. The van der Waals surface area contributed by atoms with Gasteiger partial charge in [-0.25, -0.2) is 0 Å². The van der Waals surface area contributed by atoms with Crippen LogP contribution in [0.25, 0.3) is 132 Å². The minimum Gasteiger partial charge on any atom is -0.454 e. The molecule has 0 saturated heterocycles. The number of hydrogen-bond donors (Lipinski definition) is 1. The number of hydrogen-bond acceptors (Lipinski definition) is 4. The first kappa shape index (κ1) is 62.9. The Labute approximate surface area is 608 Å². The normalized spacial score (nSPS) is 12.9. The Morgan fingerprint density at radius 1 is 0.272 bits per heavy atom. The molecule has 0 aliphatic heterocycles. The minimum absolute atomic E-state index is 0.0394. The quantitative estimate of drug-likeness (QED) is 0.156. The van der Waals surface area contributed by atoms with Crippen molar-refractivity contribution in [2.75, 3.05) is 10.2 Å². The van der Waals surface area contributed by atoms with Gasteiger partial charge in [-0.2, -0.15) is 0 Å². The van der Waals surface area contributed by atoms with Crippen molar-refractivity contribution in [2.45, 2.75) is 38.5 Å². The van der Waals surface area contributed by atoms with Gasteiger partial charge >= 0.3 is 0 Å². The number of anilines is 5. The van der Waals surface area contributed by atoms with Crippen LogP contribution in [0.5, 0.6) is 0 Å². The number of furan rings is 2. The first-order valence-corrected chi connectivity index (χ1v) is 36.2. The van der Waals surface area contributed by atoms with Crippen molar-refractivity contribution < 1.29 is 8.83 Å². The molecule has 18 aromatic rings. The van der Waals surface area contributed by atoms with Crippen molar-refractivity contribution in [2.24, 2.45) is 0 Å². The van der Waals surface area contributed by atoms with Gasteiger partial charge in [0.2, 0.25) is 0 Å². The zero-order valence-corrected chi connectivity index (χ0v) is 59.2. The van der Waals surface area contributed by atoms with Crippen LogP contribution < -0.4 is 10.2 Å². The number of nitrogens with zero attached hydrogens (tertiary/aromatic N) is 1. The fraction of sp³-hybridized carbons (Fsp3) is 0.0612. The van der Waals surface area contributed by atoms with E-state index in [2.05, 4.69) is 375 Å². The number of fused-ring (bicyclic) bond motifs is 14. The molecule has 0 fully saturated rings. The average Bonchev–Trinajstić information content (AvgIpc) is 1.62. The third-order valence-electron chi connectivity index (χ3n) is 21.3. The topological polar surface area (TPSA) is 41.6 Å². The van der Waals surface area contributed by atoms with Gasteiger partial charge in [-0.3, -0.25) is 0 Å². The van der Waals surface area contributed by atoms with E-state index in [4.69, 9.17) is 8.83 Å². The number of rotatable bonds is 9. The van der Waals surface area contributed by atoms with Crippen LogP contribution in [-0.4, -0.2) is 0 Å². The van der Waals surface area contributed by atoms with Gasteiger partial charge in [0.05, 0.1) is 15.8 Å². The summed E-state index contributed by atoms with van der Waals surface area (Å²) in [7, 11) is 0. The molecule has 0 spiro atoms. The smallest absolute Gasteiger partial charge is 0.159 e. The summed E-state index contributed by atoms with van der Waals surface area (Å²) in [6, 6.07) is 126. The molecule has 5 heteroatoms. The third kappa shape index (κ3) is 11.1. The van der Waals surface area contributed by atoms with Gasteiger partial charge in [0.25, 0.3) is 0 Å². The molecule has 2 heterocycles. The van der Waals surface area contributed by atoms with E-state index in [1.165, 1.54) is 93.9 Å². The molecule has 2 aliphatic rings. The molecular weight excluding hydrogens is 1320 g/mol. The highest BCUT2D eigenvalue weighted by Gasteiger charge is 2.37. The average molecular weight is 1390 g/mol. The van der Waals surface area contributed by atoms with Gasteiger partial charge in [0.15, 0.2) is 5.58 Å². The summed E-state index contributed by atoms with van der Waals surface area (Å²) < 4.78 is 14.1. The molecule has 4 nitrogen and oxygen atoms in total. The van der Waals surface area contributed by atoms with Crippen LogP contribution in [0, 0.1) is 0 Å². The summed E-state index contributed by atoms with van der Waals surface area (Å²) in [5, 5.41) is 13.0. The molecule has 492 valence electrons. The number of halogens is 1. The van der Waals surface area contributed by atoms with Crippen LogP contribution in [0.15, 0.2) is 365 Å². The van der Waals surface area contributed by atoms with E-state index in [0.29, 0.717) is 0 Å². The second-order valence-corrected chi connectivity index (χ2v) is 28.9. The van der Waals surface area contributed by atoms with E-state index in [1.807, 2.05) is 30.3 Å². The molecule has 0 atom stereocenters. The molecule has 0 amide bonds. The lowest BCUT2D eigenvalue weighted by atomic mass is 9.82. The molecule has 20 rings (SSSR count). The standard InChI is InChI=1S/C49H35NO.C31H25N.C18H11BrO/c1-49(2)43-23-10-9-19-39(43)42-31-36(27-29-44(42)49)50(45-24-11-18-35-30-34(26-28-37(35)45)32-14-5-3-6-15-32)46-25-13-22-41-40-21-12-20-38(47(40)51-48(41)46)33-16-7-4-8-17-33;1-31(2)28-13-7-6-12-26(28)27-20-24(16-18-29(27)31)32-30-14-8-11-23-19-22(15-17-25(23)30)21-9-4-3-5-10-21;19-16-11-5-10-15-14-9-4-8-13(17(14)20-18(15)16)12-6-2-1-3-7-12/h3-31H,1-2H3;3-20,32H,1-2H3;1-11H. The van der Waals surface area contributed by atoms with Crippen molar-refractivity contribution in [3.05, 3.63) is 379 Å². The van der Waals surface area contributed by atoms with Gasteiger partial charge in [0.1, 0.15) is 16.7 Å². The molecule has 103 heavy (non-hydrogen) atoms. The molecule has 2 aliphatic carbocycles. The van der Waals surface area contributed by atoms with Gasteiger partial charge in [-0.15, -0.1) is 0 Å². The molecule has 16 aromatic carbocycles. The van der Waals surface area contributed by atoms with Gasteiger partial charge < -0.3 is 19.1 Å². The Bertz CT molecular complexity index is 6290. The molecule has 0 radical (unpaired) electrons. The van der Waals surface area contributed by atoms with Crippen molar-refractivity contribution in [1.29, 1.82) is 0 Å². The summed E-state index contributed by atoms with van der Waals surface area (Å²) in [5.41, 5.74) is 29.3. The van der Waals surface area contributed by atoms with Crippen molar-refractivity contribution in [1.82, 2.24) is 0 Å². The van der Waals surface area contributed by atoms with E-state index in [9.17, 15) is 0 Å². The maximum absolute atomic E-state index is 7.02. The zero-order chi connectivity index (χ0) is 69.3. The van der Waals surface area contributed by atoms with Crippen LogP contribution in [0.3, 0.4) is 0 Å². The first-order valence-electron chi connectivity index (χ1n) is 35.4.